The third-order valence-corrected chi connectivity index (χ3v) is 6.53. The number of benzene rings is 2. The molecule has 1 aliphatic carbocycles. The van der Waals surface area contributed by atoms with E-state index in [4.69, 9.17) is 12.2 Å². The van der Waals surface area contributed by atoms with Gasteiger partial charge < -0.3 is 10.2 Å². The lowest BCUT2D eigenvalue weighted by molar-refractivity contribution is -0.123. The molecule has 1 aliphatic heterocycles. The Morgan fingerprint density at radius 3 is 2.32 bits per heavy atom. The van der Waals surface area contributed by atoms with Crippen molar-refractivity contribution in [3.05, 3.63) is 58.4 Å². The third kappa shape index (κ3) is 3.00. The molecule has 31 heavy (non-hydrogen) atoms. The molecule has 0 bridgehead atoms. The van der Waals surface area contributed by atoms with Gasteiger partial charge in [0.15, 0.2) is 5.11 Å². The van der Waals surface area contributed by atoms with Crippen LogP contribution in [-0.2, 0) is 4.79 Å². The highest BCUT2D eigenvalue weighted by atomic mass is 32.1. The number of rotatable bonds is 3. The Kier molecular flexibility index (Phi) is 5.02. The highest BCUT2D eigenvalue weighted by Crippen LogP contribution is 2.48. The zero-order valence-electron chi connectivity index (χ0n) is 17.5. The van der Waals surface area contributed by atoms with Gasteiger partial charge in [0.05, 0.1) is 22.9 Å². The summed E-state index contributed by atoms with van der Waals surface area (Å²) >= 11 is 5.71. The van der Waals surface area contributed by atoms with Gasteiger partial charge in [0, 0.05) is 12.7 Å². The number of nitriles is 1. The molecular weight excluding hydrogens is 415 g/mol. The summed E-state index contributed by atoms with van der Waals surface area (Å²) in [5.74, 6) is -1.35. The summed E-state index contributed by atoms with van der Waals surface area (Å²) in [4.78, 5) is 28.6. The van der Waals surface area contributed by atoms with Crippen LogP contribution in [0.5, 0.6) is 0 Å². The molecule has 2 fully saturated rings. The Morgan fingerprint density at radius 2 is 1.84 bits per heavy atom. The molecule has 1 spiro atoms. The van der Waals surface area contributed by atoms with Crippen molar-refractivity contribution in [3.63, 3.8) is 0 Å². The van der Waals surface area contributed by atoms with E-state index in [-0.39, 0.29) is 16.6 Å². The van der Waals surface area contributed by atoms with Crippen LogP contribution in [0.25, 0.3) is 0 Å². The van der Waals surface area contributed by atoms with E-state index in [9.17, 15) is 19.2 Å². The first-order valence-electron chi connectivity index (χ1n) is 9.97. The van der Waals surface area contributed by atoms with Crippen LogP contribution in [0.15, 0.2) is 30.3 Å². The summed E-state index contributed by atoms with van der Waals surface area (Å²) in [6.45, 7) is 3.64. The number of nitrogens with zero attached hydrogens (tertiary/aromatic N) is 3. The Bertz CT molecular complexity index is 1160. The first kappa shape index (κ1) is 20.9. The van der Waals surface area contributed by atoms with E-state index in [2.05, 4.69) is 11.4 Å². The number of halogens is 1. The fourth-order valence-electron chi connectivity index (χ4n) is 4.42. The van der Waals surface area contributed by atoms with E-state index in [1.807, 2.05) is 13.8 Å². The molecule has 1 N–H and O–H groups in total. The summed E-state index contributed by atoms with van der Waals surface area (Å²) in [5.41, 5.74) is 2.20. The van der Waals surface area contributed by atoms with Gasteiger partial charge in [-0.05, 0) is 86.8 Å². The first-order chi connectivity index (χ1) is 14.7. The van der Waals surface area contributed by atoms with Crippen molar-refractivity contribution in [2.45, 2.75) is 38.6 Å². The van der Waals surface area contributed by atoms with Gasteiger partial charge in [0.25, 0.3) is 11.8 Å². The van der Waals surface area contributed by atoms with Crippen LogP contribution in [0.3, 0.4) is 0 Å². The quantitative estimate of drug-likeness (QED) is 0.742. The lowest BCUT2D eigenvalue weighted by atomic mass is 9.75. The van der Waals surface area contributed by atoms with Crippen molar-refractivity contribution in [1.82, 2.24) is 5.32 Å². The van der Waals surface area contributed by atoms with Gasteiger partial charge in [-0.1, -0.05) is 0 Å². The topological polar surface area (TPSA) is 76.4 Å². The molecule has 0 aromatic heterocycles. The number of carbonyl (C=O) groups excluding carboxylic acids is 2. The van der Waals surface area contributed by atoms with Gasteiger partial charge in [-0.25, -0.2) is 4.39 Å². The highest BCUT2D eigenvalue weighted by Gasteiger charge is 2.59. The molecule has 0 radical (unpaired) electrons. The lowest BCUT2D eigenvalue weighted by Gasteiger charge is -2.43. The molecule has 0 unspecified atom stereocenters. The fraction of sp³-hybridized carbons (Fsp3) is 0.304. The molecule has 2 aromatic rings. The van der Waals surface area contributed by atoms with Gasteiger partial charge >= 0.3 is 0 Å². The van der Waals surface area contributed by atoms with E-state index < -0.39 is 17.3 Å². The summed E-state index contributed by atoms with van der Waals surface area (Å²) in [7, 11) is 1.44. The van der Waals surface area contributed by atoms with Gasteiger partial charge in [-0.3, -0.25) is 14.5 Å². The molecule has 0 atom stereocenters. The van der Waals surface area contributed by atoms with Crippen LogP contribution in [-0.4, -0.2) is 29.5 Å². The zero-order chi connectivity index (χ0) is 22.5. The van der Waals surface area contributed by atoms with Crippen LogP contribution >= 0.6 is 12.2 Å². The summed E-state index contributed by atoms with van der Waals surface area (Å²) in [6, 6.07) is 10.0. The largest absolute Gasteiger partial charge is 0.355 e. The minimum absolute atomic E-state index is 0.0689. The summed E-state index contributed by atoms with van der Waals surface area (Å²) < 4.78 is 14.7. The van der Waals surface area contributed by atoms with E-state index in [0.717, 1.165) is 17.5 Å². The SMILES string of the molecule is CNC(=O)c1ccc(N2C(=S)N(c3cc(C)c(C#N)c(C)c3)C(=O)C23CCC3)cc1F. The van der Waals surface area contributed by atoms with Crippen molar-refractivity contribution >= 4 is 40.5 Å². The summed E-state index contributed by atoms with van der Waals surface area (Å²) in [5, 5.41) is 12.0. The number of carbonyl (C=O) groups is 2. The maximum absolute atomic E-state index is 14.7. The van der Waals surface area contributed by atoms with E-state index >= 15 is 0 Å². The predicted molar refractivity (Wildman–Crippen MR) is 120 cm³/mol. The first-order valence-corrected chi connectivity index (χ1v) is 10.4. The maximum Gasteiger partial charge on any atom is 0.259 e. The van der Waals surface area contributed by atoms with Crippen LogP contribution in [0.2, 0.25) is 0 Å². The zero-order valence-corrected chi connectivity index (χ0v) is 18.3. The van der Waals surface area contributed by atoms with Crippen molar-refractivity contribution in [2.24, 2.45) is 0 Å². The summed E-state index contributed by atoms with van der Waals surface area (Å²) in [6.07, 6.45) is 2.08. The lowest BCUT2D eigenvalue weighted by Crippen LogP contribution is -2.55. The molecule has 2 aromatic carbocycles. The van der Waals surface area contributed by atoms with Crippen LogP contribution in [0, 0.1) is 31.0 Å². The van der Waals surface area contributed by atoms with Gasteiger partial charge in [-0.2, -0.15) is 5.26 Å². The monoisotopic (exact) mass is 436 g/mol. The number of thiocarbonyl (C=S) groups is 1. The molecule has 1 saturated carbocycles. The van der Waals surface area contributed by atoms with Crippen molar-refractivity contribution in [3.8, 4) is 6.07 Å². The Balaban J connectivity index is 1.80. The number of amides is 2. The van der Waals surface area contributed by atoms with Gasteiger partial charge in [-0.15, -0.1) is 0 Å². The number of nitrogens with one attached hydrogen (secondary N) is 1. The van der Waals surface area contributed by atoms with E-state index in [1.165, 1.54) is 24.1 Å². The van der Waals surface area contributed by atoms with E-state index in [0.29, 0.717) is 29.8 Å². The highest BCUT2D eigenvalue weighted by molar-refractivity contribution is 7.81. The Hall–Kier alpha value is -3.31. The Morgan fingerprint density at radius 1 is 1.19 bits per heavy atom. The molecule has 4 rings (SSSR count). The van der Waals surface area contributed by atoms with Crippen molar-refractivity contribution in [1.29, 1.82) is 5.26 Å². The molecule has 1 saturated heterocycles. The number of hydrogen-bond acceptors (Lipinski definition) is 4. The smallest absolute Gasteiger partial charge is 0.259 e. The third-order valence-electron chi connectivity index (χ3n) is 6.16. The maximum atomic E-state index is 14.7. The fourth-order valence-corrected chi connectivity index (χ4v) is 4.88. The van der Waals surface area contributed by atoms with Gasteiger partial charge in [0.1, 0.15) is 11.4 Å². The second-order valence-corrected chi connectivity index (χ2v) is 8.32. The number of anilines is 2. The second-order valence-electron chi connectivity index (χ2n) is 7.95. The van der Waals surface area contributed by atoms with Crippen molar-refractivity contribution in [2.75, 3.05) is 16.8 Å². The van der Waals surface area contributed by atoms with E-state index in [1.54, 1.807) is 23.1 Å². The van der Waals surface area contributed by atoms with Crippen LogP contribution in [0.1, 0.15) is 46.3 Å². The molecular formula is C23H21FN4O2S. The van der Waals surface area contributed by atoms with Gasteiger partial charge in [0.2, 0.25) is 0 Å². The normalized spacial score (nSPS) is 17.0. The molecule has 8 heteroatoms. The number of aryl methyl sites for hydroxylation is 2. The molecule has 2 aliphatic rings. The molecule has 158 valence electrons. The number of hydrogen-bond donors (Lipinski definition) is 1. The Labute approximate surface area is 185 Å². The minimum Gasteiger partial charge on any atom is -0.355 e. The molecule has 1 heterocycles. The molecule has 6 nitrogen and oxygen atoms in total. The van der Waals surface area contributed by atoms with Crippen LogP contribution < -0.4 is 15.1 Å². The molecule has 2 amide bonds. The predicted octanol–water partition coefficient (Wildman–Crippen LogP) is 3.73. The standard InChI is InChI=1S/C23H21FN4O2S/c1-13-9-16(10-14(2)18(13)12-25)27-21(30)23(7-4-8-23)28(22(27)31)15-5-6-17(19(24)11-15)20(29)26-3/h5-6,9-11H,4,7-8H2,1-3H3,(H,26,29). The average Bonchev–Trinajstić information content (AvgIpc) is 2.93. The van der Waals surface area contributed by atoms with Crippen LogP contribution in [0.4, 0.5) is 15.8 Å². The minimum atomic E-state index is -0.853. The second kappa shape index (κ2) is 7.43. The van der Waals surface area contributed by atoms with Crippen molar-refractivity contribution < 1.29 is 14.0 Å². The average molecular weight is 437 g/mol.